The number of hydrogen-bond acceptors (Lipinski definition) is 4. The van der Waals surface area contributed by atoms with Gasteiger partial charge in [0.2, 0.25) is 5.91 Å². The lowest BCUT2D eigenvalue weighted by Crippen LogP contribution is -2.27. The number of aromatic hydroxyl groups is 1. The van der Waals surface area contributed by atoms with Gasteiger partial charge in [0.15, 0.2) is 11.5 Å². The van der Waals surface area contributed by atoms with Crippen LogP contribution in [-0.4, -0.2) is 27.9 Å². The molecule has 1 aromatic carbocycles. The highest BCUT2D eigenvalue weighted by molar-refractivity contribution is 5.94. The number of aromatic nitrogens is 2. The Bertz CT molecular complexity index is 877. The van der Waals surface area contributed by atoms with E-state index in [1.54, 1.807) is 18.2 Å². The van der Waals surface area contributed by atoms with Gasteiger partial charge in [0.05, 0.1) is 18.7 Å². The molecular formula is C18H21N3O4. The molecule has 1 aromatic heterocycles. The number of amides is 1. The third-order valence-corrected chi connectivity index (χ3v) is 5.25. The molecule has 0 spiro atoms. The number of aromatic amines is 1. The van der Waals surface area contributed by atoms with Crippen LogP contribution in [0.5, 0.6) is 11.5 Å². The van der Waals surface area contributed by atoms with Gasteiger partial charge in [-0.2, -0.15) is 0 Å². The second-order valence-electron chi connectivity index (χ2n) is 6.75. The van der Waals surface area contributed by atoms with Gasteiger partial charge in [-0.05, 0) is 30.5 Å². The SMILES string of the molecule is COc1ccc([C@H]2CC(=O)Nc3c2c(=O)[nH]n3C2CCCC2)cc1O. The highest BCUT2D eigenvalue weighted by Gasteiger charge is 2.34. The molecule has 0 bridgehead atoms. The van der Waals surface area contributed by atoms with Crippen molar-refractivity contribution < 1.29 is 14.6 Å². The van der Waals surface area contributed by atoms with Crippen LogP contribution in [0, 0.1) is 0 Å². The van der Waals surface area contributed by atoms with Crippen molar-refractivity contribution in [3.8, 4) is 11.5 Å². The van der Waals surface area contributed by atoms with Crippen LogP contribution in [0.15, 0.2) is 23.0 Å². The number of carbonyl (C=O) groups excluding carboxylic acids is 1. The van der Waals surface area contributed by atoms with Crippen LogP contribution in [0.1, 0.15) is 55.2 Å². The number of ether oxygens (including phenoxy) is 1. The molecule has 4 rings (SSSR count). The monoisotopic (exact) mass is 343 g/mol. The number of phenolic OH excluding ortho intramolecular Hbond substituents is 1. The minimum Gasteiger partial charge on any atom is -0.504 e. The Morgan fingerprint density at radius 3 is 2.68 bits per heavy atom. The minimum absolute atomic E-state index is 0.000754. The molecule has 2 aliphatic rings. The second kappa shape index (κ2) is 5.98. The van der Waals surface area contributed by atoms with Crippen LogP contribution in [-0.2, 0) is 4.79 Å². The third kappa shape index (κ3) is 2.59. The van der Waals surface area contributed by atoms with Crippen molar-refractivity contribution in [2.45, 2.75) is 44.1 Å². The first kappa shape index (κ1) is 15.8. The summed E-state index contributed by atoms with van der Waals surface area (Å²) in [5.74, 6) is 0.430. The van der Waals surface area contributed by atoms with Crippen LogP contribution >= 0.6 is 0 Å². The smallest absolute Gasteiger partial charge is 0.270 e. The summed E-state index contributed by atoms with van der Waals surface area (Å²) in [4.78, 5) is 24.9. The Kier molecular flexibility index (Phi) is 3.78. The number of carbonyl (C=O) groups is 1. The van der Waals surface area contributed by atoms with Gasteiger partial charge in [-0.3, -0.25) is 19.4 Å². The average Bonchev–Trinajstić information content (AvgIpc) is 3.22. The normalized spacial score (nSPS) is 20.4. The number of rotatable bonds is 3. The highest BCUT2D eigenvalue weighted by Crippen LogP contribution is 2.40. The molecule has 1 aliphatic heterocycles. The second-order valence-corrected chi connectivity index (χ2v) is 6.75. The molecule has 1 saturated carbocycles. The molecule has 1 aliphatic carbocycles. The molecule has 0 unspecified atom stereocenters. The Labute approximate surface area is 144 Å². The maximum Gasteiger partial charge on any atom is 0.270 e. The summed E-state index contributed by atoms with van der Waals surface area (Å²) in [6.07, 6.45) is 4.44. The summed E-state index contributed by atoms with van der Waals surface area (Å²) in [5, 5.41) is 15.8. The van der Waals surface area contributed by atoms with E-state index in [2.05, 4.69) is 10.4 Å². The highest BCUT2D eigenvalue weighted by atomic mass is 16.5. The molecule has 1 amide bonds. The van der Waals surface area contributed by atoms with Crippen molar-refractivity contribution in [3.63, 3.8) is 0 Å². The van der Waals surface area contributed by atoms with Gasteiger partial charge in [-0.15, -0.1) is 0 Å². The van der Waals surface area contributed by atoms with Crippen molar-refractivity contribution in [1.29, 1.82) is 0 Å². The van der Waals surface area contributed by atoms with Crippen LogP contribution in [0.4, 0.5) is 5.82 Å². The van der Waals surface area contributed by atoms with Gasteiger partial charge in [0.25, 0.3) is 5.56 Å². The van der Waals surface area contributed by atoms with Gasteiger partial charge in [0, 0.05) is 12.3 Å². The zero-order valence-electron chi connectivity index (χ0n) is 14.0. The summed E-state index contributed by atoms with van der Waals surface area (Å²) in [7, 11) is 1.48. The fourth-order valence-corrected chi connectivity index (χ4v) is 4.03. The number of methoxy groups -OCH3 is 1. The number of fused-ring (bicyclic) bond motifs is 1. The molecule has 7 nitrogen and oxygen atoms in total. The van der Waals surface area contributed by atoms with E-state index in [0.29, 0.717) is 17.1 Å². The third-order valence-electron chi connectivity index (χ3n) is 5.25. The van der Waals surface area contributed by atoms with Crippen LogP contribution in [0.25, 0.3) is 0 Å². The fourth-order valence-electron chi connectivity index (χ4n) is 4.03. The number of hydrogen-bond donors (Lipinski definition) is 3. The summed E-state index contributed by atoms with van der Waals surface area (Å²) in [5.41, 5.74) is 1.11. The van der Waals surface area contributed by atoms with E-state index >= 15 is 0 Å². The predicted molar refractivity (Wildman–Crippen MR) is 92.3 cm³/mol. The number of nitrogens with zero attached hydrogens (tertiary/aromatic N) is 1. The number of anilines is 1. The predicted octanol–water partition coefficient (Wildman–Crippen LogP) is 2.48. The number of H-pyrrole nitrogens is 1. The van der Waals surface area contributed by atoms with Crippen molar-refractivity contribution in [2.75, 3.05) is 12.4 Å². The van der Waals surface area contributed by atoms with Gasteiger partial charge < -0.3 is 15.2 Å². The van der Waals surface area contributed by atoms with E-state index in [0.717, 1.165) is 31.2 Å². The molecule has 132 valence electrons. The van der Waals surface area contributed by atoms with Crippen LogP contribution in [0.3, 0.4) is 0 Å². The van der Waals surface area contributed by atoms with Crippen molar-refractivity contribution in [1.82, 2.24) is 9.78 Å². The average molecular weight is 343 g/mol. The van der Waals surface area contributed by atoms with Gasteiger partial charge >= 0.3 is 0 Å². The molecule has 7 heteroatoms. The zero-order valence-corrected chi connectivity index (χ0v) is 14.0. The number of phenols is 1. The Hall–Kier alpha value is -2.70. The summed E-state index contributed by atoms with van der Waals surface area (Å²) in [6, 6.07) is 5.23. The quantitative estimate of drug-likeness (QED) is 0.798. The van der Waals surface area contributed by atoms with Crippen molar-refractivity contribution in [3.05, 3.63) is 39.7 Å². The van der Waals surface area contributed by atoms with Gasteiger partial charge in [0.1, 0.15) is 5.82 Å². The summed E-state index contributed by atoms with van der Waals surface area (Å²) >= 11 is 0. The molecule has 0 radical (unpaired) electrons. The van der Waals surface area contributed by atoms with E-state index in [9.17, 15) is 14.7 Å². The van der Waals surface area contributed by atoms with E-state index < -0.39 is 0 Å². The van der Waals surface area contributed by atoms with E-state index in [-0.39, 0.29) is 35.6 Å². The topological polar surface area (TPSA) is 96.4 Å². The maximum absolute atomic E-state index is 12.6. The van der Waals surface area contributed by atoms with Crippen molar-refractivity contribution in [2.24, 2.45) is 0 Å². The summed E-state index contributed by atoms with van der Waals surface area (Å²) in [6.45, 7) is 0. The Balaban J connectivity index is 1.81. The molecule has 25 heavy (non-hydrogen) atoms. The van der Waals surface area contributed by atoms with Crippen LogP contribution < -0.4 is 15.6 Å². The molecule has 3 N–H and O–H groups in total. The molecule has 1 fully saturated rings. The van der Waals surface area contributed by atoms with E-state index in [1.165, 1.54) is 7.11 Å². The number of nitrogens with one attached hydrogen (secondary N) is 2. The molecular weight excluding hydrogens is 322 g/mol. The first-order valence-electron chi connectivity index (χ1n) is 8.59. The van der Waals surface area contributed by atoms with E-state index in [1.807, 2.05) is 4.68 Å². The minimum atomic E-state index is -0.382. The van der Waals surface area contributed by atoms with E-state index in [4.69, 9.17) is 4.74 Å². The number of benzene rings is 1. The van der Waals surface area contributed by atoms with Crippen LogP contribution in [0.2, 0.25) is 0 Å². The largest absolute Gasteiger partial charge is 0.504 e. The lowest BCUT2D eigenvalue weighted by molar-refractivity contribution is -0.116. The molecule has 1 atom stereocenters. The lowest BCUT2D eigenvalue weighted by Gasteiger charge is -2.25. The Morgan fingerprint density at radius 2 is 2.00 bits per heavy atom. The van der Waals surface area contributed by atoms with Crippen molar-refractivity contribution >= 4 is 11.7 Å². The maximum atomic E-state index is 12.6. The fraction of sp³-hybridized carbons (Fsp3) is 0.444. The molecule has 2 aromatic rings. The first-order chi connectivity index (χ1) is 12.1. The summed E-state index contributed by atoms with van der Waals surface area (Å²) < 4.78 is 6.90. The molecule has 2 heterocycles. The molecule has 0 saturated heterocycles. The van der Waals surface area contributed by atoms with Gasteiger partial charge in [-0.1, -0.05) is 18.9 Å². The zero-order chi connectivity index (χ0) is 17.6. The lowest BCUT2D eigenvalue weighted by atomic mass is 9.87. The first-order valence-corrected chi connectivity index (χ1v) is 8.59. The Morgan fingerprint density at radius 1 is 1.24 bits per heavy atom. The van der Waals surface area contributed by atoms with Gasteiger partial charge in [-0.25, -0.2) is 0 Å². The standard InChI is InChI=1S/C18H21N3O4/c1-25-14-7-6-10(8-13(14)22)12-9-15(23)19-17-16(12)18(24)20-21(17)11-4-2-3-5-11/h6-8,11-12,22H,2-5,9H2,1H3,(H,19,23)(H,20,24)/t12-/m1/s1.